The molecule has 0 radical (unpaired) electrons. The molecule has 0 fully saturated rings. The molecule has 8 rings (SSSR count). The van der Waals surface area contributed by atoms with Gasteiger partial charge in [-0.2, -0.15) is 8.42 Å². The number of hydrogen-bond donors (Lipinski definition) is 4. The Kier molecular flexibility index (Phi) is 8.96. The van der Waals surface area contributed by atoms with E-state index < -0.39 is 53.6 Å². The Balaban J connectivity index is 1.03. The molecular formula is C37H37N4O11PS. The number of amides is 2. The van der Waals surface area contributed by atoms with Crippen LogP contribution in [0.2, 0.25) is 0 Å². The Bertz CT molecular complexity index is 2360. The summed E-state index contributed by atoms with van der Waals surface area (Å²) in [5.74, 6) is -0.224. The van der Waals surface area contributed by atoms with Gasteiger partial charge in [-0.25, -0.2) is 0 Å². The second kappa shape index (κ2) is 13.5. The zero-order chi connectivity index (χ0) is 37.9. The number of carbonyl (C=O) groups excluding carboxylic acids is 2. The van der Waals surface area contributed by atoms with Crippen LogP contribution in [0, 0.1) is 0 Å². The molecule has 0 saturated carbocycles. The highest BCUT2D eigenvalue weighted by atomic mass is 32.2. The zero-order valence-electron chi connectivity index (χ0n) is 29.2. The Morgan fingerprint density at radius 3 is 1.91 bits per heavy atom. The lowest BCUT2D eigenvalue weighted by Gasteiger charge is -2.27. The summed E-state index contributed by atoms with van der Waals surface area (Å²) in [6.07, 6.45) is -0.907. The van der Waals surface area contributed by atoms with E-state index in [2.05, 4.69) is 10.6 Å². The van der Waals surface area contributed by atoms with Gasteiger partial charge in [0.05, 0.1) is 48.8 Å². The third-order valence-electron chi connectivity index (χ3n) is 10.3. The number of hydrogen-bond acceptors (Lipinski definition) is 12. The zero-order valence-corrected chi connectivity index (χ0v) is 30.9. The van der Waals surface area contributed by atoms with Crippen molar-refractivity contribution in [3.8, 4) is 23.0 Å². The molecule has 0 aromatic heterocycles. The highest BCUT2D eigenvalue weighted by Gasteiger charge is 2.47. The van der Waals surface area contributed by atoms with Gasteiger partial charge in [0.1, 0.15) is 19.0 Å². The maximum absolute atomic E-state index is 14.0. The van der Waals surface area contributed by atoms with Gasteiger partial charge in [-0.3, -0.25) is 14.1 Å². The van der Waals surface area contributed by atoms with Crippen molar-refractivity contribution in [1.29, 1.82) is 0 Å². The fourth-order valence-corrected chi connectivity index (χ4v) is 9.48. The summed E-state index contributed by atoms with van der Waals surface area (Å²) in [5, 5.41) is 14.9. The summed E-state index contributed by atoms with van der Waals surface area (Å²) in [4.78, 5) is 30.9. The SMILES string of the molecule is COc1cc2c(cc1OCP(=O)(CO)COc1cc3c(cc1OC)C(=O)N1c4ccccc4C[C@H]1C(S(=O)(=O)O)N3)NC[C@@H]1Cc3ccccc3N1C2=O. The minimum Gasteiger partial charge on any atom is -0.493 e. The van der Waals surface area contributed by atoms with E-state index in [0.29, 0.717) is 29.9 Å². The summed E-state index contributed by atoms with van der Waals surface area (Å²) in [7, 11) is -5.62. The number of ether oxygens (including phenoxy) is 4. The molecule has 4 atom stereocenters. The lowest BCUT2D eigenvalue weighted by Crippen LogP contribution is -2.49. The molecule has 15 nitrogen and oxygen atoms in total. The van der Waals surface area contributed by atoms with Crippen LogP contribution in [0.25, 0.3) is 0 Å². The molecule has 4 heterocycles. The number of benzene rings is 4. The van der Waals surface area contributed by atoms with Crippen LogP contribution in [-0.2, 0) is 27.5 Å². The van der Waals surface area contributed by atoms with Crippen LogP contribution in [0.5, 0.6) is 23.0 Å². The molecule has 4 aromatic rings. The minimum atomic E-state index is -4.73. The van der Waals surface area contributed by atoms with Crippen LogP contribution in [0.1, 0.15) is 31.8 Å². The predicted molar refractivity (Wildman–Crippen MR) is 201 cm³/mol. The largest absolute Gasteiger partial charge is 0.493 e. The number of carbonyl (C=O) groups is 2. The molecule has 0 aliphatic carbocycles. The molecule has 4 aromatic carbocycles. The second-order valence-electron chi connectivity index (χ2n) is 13.5. The summed E-state index contributed by atoms with van der Waals surface area (Å²) in [5.41, 5.74) is 4.24. The third-order valence-corrected chi connectivity index (χ3v) is 13.0. The maximum atomic E-state index is 14.0. The van der Waals surface area contributed by atoms with E-state index in [1.807, 2.05) is 24.3 Å². The Morgan fingerprint density at radius 1 is 0.778 bits per heavy atom. The van der Waals surface area contributed by atoms with Crippen molar-refractivity contribution in [2.45, 2.75) is 30.3 Å². The summed E-state index contributed by atoms with van der Waals surface area (Å²) in [6, 6.07) is 19.7. The molecule has 0 saturated heterocycles. The number of nitrogens with zero attached hydrogens (tertiary/aromatic N) is 2. The third kappa shape index (κ3) is 6.08. The van der Waals surface area contributed by atoms with E-state index in [0.717, 1.165) is 16.8 Å². The van der Waals surface area contributed by atoms with E-state index in [4.69, 9.17) is 18.9 Å². The van der Waals surface area contributed by atoms with Gasteiger partial charge in [0, 0.05) is 30.1 Å². The van der Waals surface area contributed by atoms with Gasteiger partial charge in [-0.05, 0) is 48.2 Å². The molecule has 2 unspecified atom stereocenters. The molecular weight excluding hydrogens is 739 g/mol. The van der Waals surface area contributed by atoms with E-state index in [1.54, 1.807) is 41.3 Å². The number of para-hydroxylation sites is 2. The fraction of sp³-hybridized carbons (Fsp3) is 0.297. The highest BCUT2D eigenvalue weighted by molar-refractivity contribution is 7.86. The number of methoxy groups -OCH3 is 2. The molecule has 4 aliphatic heterocycles. The normalized spacial score (nSPS) is 20.7. The molecule has 4 aliphatic rings. The predicted octanol–water partition coefficient (Wildman–Crippen LogP) is 4.60. The molecule has 4 N–H and O–H groups in total. The van der Waals surface area contributed by atoms with Gasteiger partial charge in [-0.1, -0.05) is 36.4 Å². The first-order chi connectivity index (χ1) is 25.9. The summed E-state index contributed by atoms with van der Waals surface area (Å²) >= 11 is 0. The Labute approximate surface area is 310 Å². The second-order valence-corrected chi connectivity index (χ2v) is 18.0. The average molecular weight is 777 g/mol. The van der Waals surface area contributed by atoms with Crippen LogP contribution >= 0.6 is 7.14 Å². The van der Waals surface area contributed by atoms with Crippen molar-refractivity contribution < 1.29 is 51.2 Å². The lowest BCUT2D eigenvalue weighted by atomic mass is 10.1. The summed E-state index contributed by atoms with van der Waals surface area (Å²) < 4.78 is 72.6. The molecule has 54 heavy (non-hydrogen) atoms. The number of anilines is 4. The smallest absolute Gasteiger partial charge is 0.288 e. The highest BCUT2D eigenvalue weighted by Crippen LogP contribution is 2.49. The first kappa shape index (κ1) is 35.7. The van der Waals surface area contributed by atoms with Gasteiger partial charge in [0.15, 0.2) is 35.5 Å². The first-order valence-electron chi connectivity index (χ1n) is 17.1. The molecule has 17 heteroatoms. The van der Waals surface area contributed by atoms with E-state index in [-0.39, 0.29) is 52.6 Å². The van der Waals surface area contributed by atoms with E-state index in [9.17, 15) is 32.2 Å². The quantitative estimate of drug-likeness (QED) is 0.129. The van der Waals surface area contributed by atoms with Crippen molar-refractivity contribution in [2.75, 3.05) is 60.2 Å². The maximum Gasteiger partial charge on any atom is 0.288 e. The number of nitrogens with one attached hydrogen (secondary N) is 2. The van der Waals surface area contributed by atoms with Crippen molar-refractivity contribution in [3.05, 3.63) is 95.1 Å². The number of aliphatic hydroxyl groups excluding tert-OH is 1. The molecule has 0 bridgehead atoms. The lowest BCUT2D eigenvalue weighted by molar-refractivity contribution is 0.0974. The van der Waals surface area contributed by atoms with Crippen molar-refractivity contribution in [1.82, 2.24) is 0 Å². The number of rotatable bonds is 10. The van der Waals surface area contributed by atoms with Gasteiger partial charge in [0.25, 0.3) is 21.9 Å². The van der Waals surface area contributed by atoms with Crippen LogP contribution in [0.4, 0.5) is 22.7 Å². The first-order valence-corrected chi connectivity index (χ1v) is 20.9. The monoisotopic (exact) mass is 776 g/mol. The van der Waals surface area contributed by atoms with Gasteiger partial charge in [0.2, 0.25) is 0 Å². The fourth-order valence-electron chi connectivity index (χ4n) is 7.60. The molecule has 282 valence electrons. The van der Waals surface area contributed by atoms with Gasteiger partial charge in [-0.15, -0.1) is 0 Å². The van der Waals surface area contributed by atoms with Crippen molar-refractivity contribution in [3.63, 3.8) is 0 Å². The average Bonchev–Trinajstić information content (AvgIpc) is 3.67. The molecule has 0 spiro atoms. The number of aliphatic hydroxyl groups is 1. The van der Waals surface area contributed by atoms with Gasteiger partial charge < -0.3 is 49.1 Å². The standard InChI is InChI=1S/C37H37N4O11PS/c1-49-31-13-24-26(38-17-23-11-21-7-3-5-9-28(21)40(23)36(24)43)15-33(31)51-19-53(45,18-42)20-52-34-16-27-25(14-32(34)50-2)37(44)41-29-10-6-4-8-22(29)12-30(41)35(39-27)54(46,47)48/h3-10,13-16,23,30,35,38-39,42H,11-12,17-20H2,1-2H3,(H,46,47,48)/t23-,30-,35?,53?/m0/s1. The van der Waals surface area contributed by atoms with Crippen molar-refractivity contribution >= 4 is 51.8 Å². The molecule has 2 amide bonds. The van der Waals surface area contributed by atoms with Gasteiger partial charge >= 0.3 is 0 Å². The van der Waals surface area contributed by atoms with E-state index >= 15 is 0 Å². The van der Waals surface area contributed by atoms with E-state index in [1.165, 1.54) is 31.3 Å². The summed E-state index contributed by atoms with van der Waals surface area (Å²) in [6.45, 7) is 0.488. The van der Waals surface area contributed by atoms with Crippen molar-refractivity contribution in [2.24, 2.45) is 0 Å². The number of fused-ring (bicyclic) bond motifs is 8. The Morgan fingerprint density at radius 2 is 1.31 bits per heavy atom. The minimum absolute atomic E-state index is 0.00535. The van der Waals surface area contributed by atoms with Crippen LogP contribution in [0.3, 0.4) is 0 Å². The van der Waals surface area contributed by atoms with Crippen LogP contribution in [0.15, 0.2) is 72.8 Å². The van der Waals surface area contributed by atoms with Crippen LogP contribution < -0.4 is 39.4 Å². The topological polar surface area (TPSA) is 193 Å². The Hall–Kier alpha value is -5.28. The van der Waals surface area contributed by atoms with Crippen LogP contribution in [-0.4, -0.2) is 87.2 Å².